The second kappa shape index (κ2) is 7.18. The molecule has 2 aromatic rings. The van der Waals surface area contributed by atoms with Gasteiger partial charge in [0, 0.05) is 16.1 Å². The molecule has 2 rings (SSSR count). The van der Waals surface area contributed by atoms with Crippen LogP contribution >= 0.6 is 23.1 Å². The molecule has 0 saturated heterocycles. The summed E-state index contributed by atoms with van der Waals surface area (Å²) in [4.78, 5) is 13.0. The van der Waals surface area contributed by atoms with Crippen molar-refractivity contribution in [1.29, 1.82) is 0 Å². The molecule has 0 spiro atoms. The number of rotatable bonds is 6. The summed E-state index contributed by atoms with van der Waals surface area (Å²) >= 11 is 3.38. The summed E-state index contributed by atoms with van der Waals surface area (Å²) in [6.45, 7) is 6.24. The Morgan fingerprint density at radius 1 is 1.48 bits per heavy atom. The lowest BCUT2D eigenvalue weighted by atomic mass is 10.1. The van der Waals surface area contributed by atoms with E-state index in [9.17, 15) is 4.79 Å². The highest BCUT2D eigenvalue weighted by Crippen LogP contribution is 2.35. The Balaban J connectivity index is 2.13. The first-order chi connectivity index (χ1) is 10.0. The number of nitrogens with one attached hydrogen (secondary N) is 1. The van der Waals surface area contributed by atoms with Gasteiger partial charge in [-0.2, -0.15) is 11.8 Å². The SMILES string of the molecule is CCSCCC(C)NC(=O)c1sc2c(C)cccc2c1N. The van der Waals surface area contributed by atoms with Gasteiger partial charge in [0.15, 0.2) is 0 Å². The van der Waals surface area contributed by atoms with E-state index >= 15 is 0 Å². The number of carbonyl (C=O) groups is 1. The average Bonchev–Trinajstić information content (AvgIpc) is 2.78. The van der Waals surface area contributed by atoms with Gasteiger partial charge in [-0.1, -0.05) is 25.1 Å². The molecule has 0 saturated carbocycles. The summed E-state index contributed by atoms with van der Waals surface area (Å²) < 4.78 is 1.11. The van der Waals surface area contributed by atoms with Gasteiger partial charge in [-0.3, -0.25) is 4.79 Å². The fraction of sp³-hybridized carbons (Fsp3) is 0.438. The third-order valence-corrected chi connectivity index (χ3v) is 5.72. The van der Waals surface area contributed by atoms with Gasteiger partial charge in [0.1, 0.15) is 4.88 Å². The molecule has 0 aliphatic heterocycles. The van der Waals surface area contributed by atoms with E-state index in [1.54, 1.807) is 0 Å². The van der Waals surface area contributed by atoms with Gasteiger partial charge in [0.05, 0.1) is 5.69 Å². The number of benzene rings is 1. The first-order valence-corrected chi connectivity index (χ1v) is 9.17. The number of hydrogen-bond acceptors (Lipinski definition) is 4. The summed E-state index contributed by atoms with van der Waals surface area (Å²) in [6.07, 6.45) is 0.980. The molecule has 3 N–H and O–H groups in total. The van der Waals surface area contributed by atoms with Crippen LogP contribution in [0.25, 0.3) is 10.1 Å². The van der Waals surface area contributed by atoms with E-state index < -0.39 is 0 Å². The number of fused-ring (bicyclic) bond motifs is 1. The van der Waals surface area contributed by atoms with Crippen molar-refractivity contribution in [3.63, 3.8) is 0 Å². The van der Waals surface area contributed by atoms with Crippen molar-refractivity contribution in [3.8, 4) is 0 Å². The zero-order chi connectivity index (χ0) is 15.4. The molecule has 0 bridgehead atoms. The second-order valence-corrected chi connectivity index (χ2v) is 7.57. The fourth-order valence-corrected chi connectivity index (χ4v) is 4.12. The average molecular weight is 322 g/mol. The van der Waals surface area contributed by atoms with E-state index in [-0.39, 0.29) is 11.9 Å². The summed E-state index contributed by atoms with van der Waals surface area (Å²) in [5.74, 6) is 2.13. The largest absolute Gasteiger partial charge is 0.397 e. The Bertz CT molecular complexity index is 636. The number of aryl methyl sites for hydroxylation is 1. The summed E-state index contributed by atoms with van der Waals surface area (Å²) in [6, 6.07) is 6.17. The smallest absolute Gasteiger partial charge is 0.263 e. The van der Waals surface area contributed by atoms with Crippen LogP contribution in [0.5, 0.6) is 0 Å². The van der Waals surface area contributed by atoms with Gasteiger partial charge in [0.2, 0.25) is 0 Å². The van der Waals surface area contributed by atoms with E-state index in [1.165, 1.54) is 11.3 Å². The van der Waals surface area contributed by atoms with E-state index in [1.807, 2.05) is 43.8 Å². The van der Waals surface area contributed by atoms with E-state index in [2.05, 4.69) is 12.2 Å². The number of amides is 1. The number of anilines is 1. The number of thioether (sulfide) groups is 1. The summed E-state index contributed by atoms with van der Waals surface area (Å²) in [7, 11) is 0. The predicted molar refractivity (Wildman–Crippen MR) is 95.5 cm³/mol. The predicted octanol–water partition coefficient (Wildman–Crippen LogP) is 4.05. The highest BCUT2D eigenvalue weighted by Gasteiger charge is 2.18. The maximum absolute atomic E-state index is 12.4. The van der Waals surface area contributed by atoms with Crippen LogP contribution < -0.4 is 11.1 Å². The Hall–Kier alpha value is -1.20. The second-order valence-electron chi connectivity index (χ2n) is 5.16. The van der Waals surface area contributed by atoms with Crippen LogP contribution in [-0.4, -0.2) is 23.5 Å². The molecule has 21 heavy (non-hydrogen) atoms. The standard InChI is InChI=1S/C16H22N2OS2/c1-4-20-9-8-11(3)18-16(19)15-13(17)12-7-5-6-10(2)14(12)21-15/h5-7,11H,4,8-9,17H2,1-3H3,(H,18,19). The van der Waals surface area contributed by atoms with Crippen molar-refractivity contribution in [3.05, 3.63) is 28.6 Å². The third-order valence-electron chi connectivity index (χ3n) is 3.43. The molecule has 1 atom stereocenters. The number of thiophene rings is 1. The summed E-state index contributed by atoms with van der Waals surface area (Å²) in [5, 5.41) is 4.04. The highest BCUT2D eigenvalue weighted by molar-refractivity contribution is 7.99. The molecular formula is C16H22N2OS2. The van der Waals surface area contributed by atoms with Gasteiger partial charge in [-0.25, -0.2) is 0 Å². The van der Waals surface area contributed by atoms with Crippen LogP contribution in [0.2, 0.25) is 0 Å². The number of carbonyl (C=O) groups excluding carboxylic acids is 1. The molecule has 0 fully saturated rings. The Morgan fingerprint density at radius 2 is 2.24 bits per heavy atom. The topological polar surface area (TPSA) is 55.1 Å². The van der Waals surface area contributed by atoms with Crippen LogP contribution in [0.15, 0.2) is 18.2 Å². The van der Waals surface area contributed by atoms with Crippen molar-refractivity contribution in [2.45, 2.75) is 33.2 Å². The molecule has 1 amide bonds. The third kappa shape index (κ3) is 3.71. The van der Waals surface area contributed by atoms with Crippen molar-refractivity contribution in [2.75, 3.05) is 17.2 Å². The zero-order valence-corrected chi connectivity index (χ0v) is 14.4. The monoisotopic (exact) mass is 322 g/mol. The first-order valence-electron chi connectivity index (χ1n) is 7.20. The Kier molecular flexibility index (Phi) is 5.53. The van der Waals surface area contributed by atoms with E-state index in [0.29, 0.717) is 10.6 Å². The lowest BCUT2D eigenvalue weighted by Crippen LogP contribution is -2.32. The molecular weight excluding hydrogens is 300 g/mol. The van der Waals surface area contributed by atoms with Crippen molar-refractivity contribution >= 4 is 44.8 Å². The van der Waals surface area contributed by atoms with Gasteiger partial charge in [-0.05, 0) is 37.3 Å². The van der Waals surface area contributed by atoms with Gasteiger partial charge >= 0.3 is 0 Å². The number of nitrogen functional groups attached to an aromatic ring is 1. The van der Waals surface area contributed by atoms with Gasteiger partial charge in [-0.15, -0.1) is 11.3 Å². The van der Waals surface area contributed by atoms with Crippen LogP contribution in [0.1, 0.15) is 35.5 Å². The van der Waals surface area contributed by atoms with Crippen molar-refractivity contribution in [1.82, 2.24) is 5.32 Å². The molecule has 1 aromatic heterocycles. The van der Waals surface area contributed by atoms with E-state index in [4.69, 9.17) is 5.73 Å². The molecule has 0 aliphatic carbocycles. The lowest BCUT2D eigenvalue weighted by molar-refractivity contribution is 0.0944. The maximum Gasteiger partial charge on any atom is 0.263 e. The first kappa shape index (κ1) is 16.2. The van der Waals surface area contributed by atoms with Crippen molar-refractivity contribution < 1.29 is 4.79 Å². The number of nitrogens with two attached hydrogens (primary N) is 1. The minimum Gasteiger partial charge on any atom is -0.397 e. The lowest BCUT2D eigenvalue weighted by Gasteiger charge is -2.12. The maximum atomic E-state index is 12.4. The van der Waals surface area contributed by atoms with Crippen molar-refractivity contribution in [2.24, 2.45) is 0 Å². The molecule has 5 heteroatoms. The minimum absolute atomic E-state index is 0.0536. The molecule has 1 aromatic carbocycles. The molecule has 1 unspecified atom stereocenters. The molecule has 1 heterocycles. The Morgan fingerprint density at radius 3 is 2.90 bits per heavy atom. The van der Waals surface area contributed by atoms with Gasteiger partial charge < -0.3 is 11.1 Å². The molecule has 3 nitrogen and oxygen atoms in total. The van der Waals surface area contributed by atoms with Crippen LogP contribution in [-0.2, 0) is 0 Å². The summed E-state index contributed by atoms with van der Waals surface area (Å²) in [5.41, 5.74) is 7.92. The van der Waals surface area contributed by atoms with Gasteiger partial charge in [0.25, 0.3) is 5.91 Å². The minimum atomic E-state index is -0.0536. The molecule has 0 aliphatic rings. The Labute approximate surface area is 134 Å². The number of hydrogen-bond donors (Lipinski definition) is 2. The van der Waals surface area contributed by atoms with E-state index in [0.717, 1.165) is 33.6 Å². The molecule has 114 valence electrons. The molecule has 0 radical (unpaired) electrons. The van der Waals surface area contributed by atoms with Crippen LogP contribution in [0.3, 0.4) is 0 Å². The highest BCUT2D eigenvalue weighted by atomic mass is 32.2. The normalized spacial score (nSPS) is 12.5. The zero-order valence-electron chi connectivity index (χ0n) is 12.7. The van der Waals surface area contributed by atoms with Crippen LogP contribution in [0, 0.1) is 6.92 Å². The van der Waals surface area contributed by atoms with Crippen LogP contribution in [0.4, 0.5) is 5.69 Å². The quantitative estimate of drug-likeness (QED) is 0.789. The fourth-order valence-electron chi connectivity index (χ4n) is 2.21.